The fraction of sp³-hybridized carbons (Fsp3) is 0.259. The predicted molar refractivity (Wildman–Crippen MR) is 136 cm³/mol. The van der Waals surface area contributed by atoms with Gasteiger partial charge in [-0.05, 0) is 25.0 Å². The smallest absolute Gasteiger partial charge is 0.280 e. The average molecular weight is 539 g/mol. The largest absolute Gasteiger partial charge is 0.493 e. The van der Waals surface area contributed by atoms with Crippen LogP contribution in [0, 0.1) is 11.6 Å². The number of anilines is 1. The van der Waals surface area contributed by atoms with Gasteiger partial charge < -0.3 is 29.0 Å². The summed E-state index contributed by atoms with van der Waals surface area (Å²) >= 11 is 0. The summed E-state index contributed by atoms with van der Waals surface area (Å²) in [6.07, 6.45) is 4.61. The molecule has 1 fully saturated rings. The minimum absolute atomic E-state index is 0.0195. The number of carbonyl (C=O) groups is 1. The lowest BCUT2D eigenvalue weighted by Crippen LogP contribution is -2.17. The van der Waals surface area contributed by atoms with Crippen molar-refractivity contribution in [2.75, 3.05) is 32.8 Å². The predicted octanol–water partition coefficient (Wildman–Crippen LogP) is 4.92. The Morgan fingerprint density at radius 2 is 1.74 bits per heavy atom. The maximum absolute atomic E-state index is 15.1. The first kappa shape index (κ1) is 26.0. The molecule has 0 aliphatic heterocycles. The highest BCUT2D eigenvalue weighted by molar-refractivity contribution is 6.04. The van der Waals surface area contributed by atoms with E-state index in [0.29, 0.717) is 35.6 Å². The maximum atomic E-state index is 15.1. The molecular formula is C27H24F2N4O6. The number of methoxy groups -OCH3 is 2. The summed E-state index contributed by atoms with van der Waals surface area (Å²) in [5.41, 5.74) is 0.233. The van der Waals surface area contributed by atoms with Crippen LogP contribution in [0.1, 0.15) is 23.3 Å². The molecule has 202 valence electrons. The van der Waals surface area contributed by atoms with Crippen LogP contribution in [0.15, 0.2) is 48.8 Å². The summed E-state index contributed by atoms with van der Waals surface area (Å²) in [6, 6.07) is 8.11. The van der Waals surface area contributed by atoms with E-state index in [-0.39, 0.29) is 29.0 Å². The third-order valence-electron chi connectivity index (χ3n) is 5.72. The normalized spacial score (nSPS) is 12.7. The number of pyridine rings is 1. The van der Waals surface area contributed by atoms with Crippen LogP contribution in [-0.2, 0) is 4.74 Å². The van der Waals surface area contributed by atoms with Gasteiger partial charge in [-0.15, -0.1) is 5.10 Å². The van der Waals surface area contributed by atoms with Crippen molar-refractivity contribution in [3.05, 3.63) is 66.1 Å². The molecule has 2 heterocycles. The van der Waals surface area contributed by atoms with Gasteiger partial charge in [0.1, 0.15) is 12.4 Å². The molecule has 0 atom stereocenters. The molecule has 5 rings (SSSR count). The second-order valence-corrected chi connectivity index (χ2v) is 8.56. The van der Waals surface area contributed by atoms with Crippen molar-refractivity contribution in [2.24, 2.45) is 0 Å². The molecule has 39 heavy (non-hydrogen) atoms. The summed E-state index contributed by atoms with van der Waals surface area (Å²) < 4.78 is 57.5. The molecule has 10 nitrogen and oxygen atoms in total. The highest BCUT2D eigenvalue weighted by Gasteiger charge is 2.27. The van der Waals surface area contributed by atoms with Gasteiger partial charge in [-0.3, -0.25) is 9.78 Å². The number of ether oxygens (including phenoxy) is 5. The third kappa shape index (κ3) is 5.96. The van der Waals surface area contributed by atoms with E-state index in [4.69, 9.17) is 23.7 Å². The van der Waals surface area contributed by atoms with E-state index in [2.05, 4.69) is 20.5 Å². The van der Waals surface area contributed by atoms with Crippen LogP contribution in [-0.4, -0.2) is 54.6 Å². The van der Waals surface area contributed by atoms with Gasteiger partial charge >= 0.3 is 0 Å². The van der Waals surface area contributed by atoms with Gasteiger partial charge in [0.25, 0.3) is 5.91 Å². The lowest BCUT2D eigenvalue weighted by molar-refractivity contribution is 0.101. The third-order valence-corrected chi connectivity index (χ3v) is 5.72. The van der Waals surface area contributed by atoms with E-state index in [9.17, 15) is 4.79 Å². The van der Waals surface area contributed by atoms with Crippen molar-refractivity contribution in [1.29, 1.82) is 0 Å². The lowest BCUT2D eigenvalue weighted by Gasteiger charge is -2.15. The summed E-state index contributed by atoms with van der Waals surface area (Å²) in [5.74, 6) is -2.25. The second-order valence-electron chi connectivity index (χ2n) is 8.56. The van der Waals surface area contributed by atoms with E-state index < -0.39 is 23.3 Å². The molecule has 1 amide bonds. The molecule has 1 saturated carbocycles. The molecule has 2 aromatic carbocycles. The van der Waals surface area contributed by atoms with Gasteiger partial charge in [0, 0.05) is 48.6 Å². The van der Waals surface area contributed by atoms with Gasteiger partial charge in [0.2, 0.25) is 0 Å². The van der Waals surface area contributed by atoms with Gasteiger partial charge in [-0.2, -0.15) is 5.10 Å². The molecule has 1 aliphatic carbocycles. The van der Waals surface area contributed by atoms with Gasteiger partial charge in [-0.1, -0.05) is 0 Å². The van der Waals surface area contributed by atoms with Crippen LogP contribution < -0.4 is 24.3 Å². The number of benzene rings is 2. The Kier molecular flexibility index (Phi) is 7.64. The Morgan fingerprint density at radius 1 is 0.974 bits per heavy atom. The van der Waals surface area contributed by atoms with E-state index in [1.807, 2.05) is 0 Å². The van der Waals surface area contributed by atoms with Crippen LogP contribution >= 0.6 is 0 Å². The van der Waals surface area contributed by atoms with E-state index in [0.717, 1.165) is 25.0 Å². The number of rotatable bonds is 11. The van der Waals surface area contributed by atoms with E-state index in [1.54, 1.807) is 19.2 Å². The van der Waals surface area contributed by atoms with Crippen molar-refractivity contribution < 1.29 is 37.3 Å². The number of nitrogens with one attached hydrogen (secondary N) is 1. The van der Waals surface area contributed by atoms with Crippen molar-refractivity contribution >= 4 is 22.5 Å². The molecule has 0 bridgehead atoms. The van der Waals surface area contributed by atoms with Crippen molar-refractivity contribution in [2.45, 2.75) is 18.9 Å². The molecule has 0 radical (unpaired) electrons. The molecule has 12 heteroatoms. The van der Waals surface area contributed by atoms with Crippen LogP contribution in [0.5, 0.6) is 28.7 Å². The first-order chi connectivity index (χ1) is 19.0. The number of amides is 1. The molecule has 1 N–H and O–H groups in total. The molecule has 0 unspecified atom stereocenters. The monoisotopic (exact) mass is 538 g/mol. The molecular weight excluding hydrogens is 514 g/mol. The number of fused-ring (bicyclic) bond motifs is 1. The molecule has 0 saturated heterocycles. The minimum atomic E-state index is -1.03. The Bertz CT molecular complexity index is 1490. The number of nitrogens with zero attached hydrogens (tertiary/aromatic N) is 3. The van der Waals surface area contributed by atoms with E-state index >= 15 is 8.78 Å². The van der Waals surface area contributed by atoms with Crippen molar-refractivity contribution in [1.82, 2.24) is 15.2 Å². The molecule has 2 aromatic heterocycles. The second kappa shape index (κ2) is 11.4. The molecule has 4 aromatic rings. The van der Waals surface area contributed by atoms with Crippen LogP contribution in [0.25, 0.3) is 10.9 Å². The van der Waals surface area contributed by atoms with Crippen LogP contribution in [0.3, 0.4) is 0 Å². The van der Waals surface area contributed by atoms with Crippen LogP contribution in [0.2, 0.25) is 0 Å². The fourth-order valence-corrected chi connectivity index (χ4v) is 3.69. The summed E-state index contributed by atoms with van der Waals surface area (Å²) in [5, 5.41) is 10.4. The maximum Gasteiger partial charge on any atom is 0.280 e. The van der Waals surface area contributed by atoms with Gasteiger partial charge in [0.05, 0.1) is 31.5 Å². The Balaban J connectivity index is 1.38. The zero-order valence-corrected chi connectivity index (χ0v) is 21.1. The number of halogens is 2. The van der Waals surface area contributed by atoms with E-state index in [1.165, 1.54) is 31.6 Å². The summed E-state index contributed by atoms with van der Waals surface area (Å²) in [6.45, 7) is 0.667. The lowest BCUT2D eigenvalue weighted by atomic mass is 10.1. The standard InChI is InChI=1S/C27H24F2N4O6/c1-35-9-10-37-24-14-20-17(13-23(24)36-2)21(5-7-30-20)39-26-18(28)11-15(12-19(26)29)32-27(34)25-22(6-8-31-33-25)38-16-3-4-16/h5-8,11-14,16H,3-4,9-10H2,1-2H3,(H,32,34). The topological polar surface area (TPSA) is 114 Å². The zero-order chi connectivity index (χ0) is 27.4. The Labute approximate surface area is 221 Å². The molecule has 0 spiro atoms. The summed E-state index contributed by atoms with van der Waals surface area (Å²) in [4.78, 5) is 17.0. The minimum Gasteiger partial charge on any atom is -0.493 e. The number of hydrogen-bond donors (Lipinski definition) is 1. The van der Waals surface area contributed by atoms with Crippen molar-refractivity contribution in [3.8, 4) is 28.7 Å². The number of carbonyl (C=O) groups excluding carboxylic acids is 1. The fourth-order valence-electron chi connectivity index (χ4n) is 3.69. The zero-order valence-electron chi connectivity index (χ0n) is 21.1. The SMILES string of the molecule is COCCOc1cc2nccc(Oc3c(F)cc(NC(=O)c4nnccc4OC4CC4)cc3F)c2cc1OC. The molecule has 1 aliphatic rings. The quantitative estimate of drug-likeness (QED) is 0.266. The highest BCUT2D eigenvalue weighted by Crippen LogP contribution is 2.38. The Hall–Kier alpha value is -4.58. The summed E-state index contributed by atoms with van der Waals surface area (Å²) in [7, 11) is 3.03. The Morgan fingerprint density at radius 3 is 2.46 bits per heavy atom. The highest BCUT2D eigenvalue weighted by atomic mass is 19.1. The first-order valence-electron chi connectivity index (χ1n) is 12.0. The van der Waals surface area contributed by atoms with Gasteiger partial charge in [-0.25, -0.2) is 8.78 Å². The number of hydrogen-bond acceptors (Lipinski definition) is 9. The van der Waals surface area contributed by atoms with Gasteiger partial charge in [0.15, 0.2) is 40.3 Å². The average Bonchev–Trinajstić information content (AvgIpc) is 3.75. The van der Waals surface area contributed by atoms with Crippen LogP contribution in [0.4, 0.5) is 14.5 Å². The van der Waals surface area contributed by atoms with Crippen molar-refractivity contribution in [3.63, 3.8) is 0 Å². The number of aromatic nitrogens is 3. The first-order valence-corrected chi connectivity index (χ1v) is 12.0.